The summed E-state index contributed by atoms with van der Waals surface area (Å²) in [6.45, 7) is 1.18. The lowest BCUT2D eigenvalue weighted by atomic mass is 9.95. The molecule has 0 unspecified atom stereocenters. The van der Waals surface area contributed by atoms with Crippen LogP contribution >= 0.6 is 11.6 Å². The summed E-state index contributed by atoms with van der Waals surface area (Å²) in [5.74, 6) is -1.35. The summed E-state index contributed by atoms with van der Waals surface area (Å²) >= 11 is 5.87. The van der Waals surface area contributed by atoms with Crippen LogP contribution in [0.25, 0.3) is 0 Å². The number of benzene rings is 1. The Morgan fingerprint density at radius 3 is 2.41 bits per heavy atom. The molecule has 0 aromatic heterocycles. The molecular weight excluding hydrogens is 325 g/mol. The lowest BCUT2D eigenvalue weighted by molar-refractivity contribution is -0.274. The van der Waals surface area contributed by atoms with Gasteiger partial charge in [0.2, 0.25) is 0 Å². The van der Waals surface area contributed by atoms with Gasteiger partial charge in [0.25, 0.3) is 0 Å². The van der Waals surface area contributed by atoms with Crippen LogP contribution in [0.2, 0.25) is 5.02 Å². The van der Waals surface area contributed by atoms with Gasteiger partial charge in [0.1, 0.15) is 12.4 Å². The summed E-state index contributed by atoms with van der Waals surface area (Å²) in [6, 6.07) is 3.14. The van der Waals surface area contributed by atoms with E-state index in [2.05, 4.69) is 4.74 Å². The lowest BCUT2D eigenvalue weighted by Gasteiger charge is -2.15. The van der Waals surface area contributed by atoms with Crippen molar-refractivity contribution in [1.29, 1.82) is 0 Å². The van der Waals surface area contributed by atoms with E-state index < -0.39 is 23.5 Å². The average molecular weight is 337 g/mol. The molecule has 1 aliphatic rings. The summed E-state index contributed by atoms with van der Waals surface area (Å²) in [7, 11) is 0. The highest BCUT2D eigenvalue weighted by molar-refractivity contribution is 6.34. The minimum Gasteiger partial charge on any atom is -0.465 e. The van der Waals surface area contributed by atoms with E-state index in [1.165, 1.54) is 13.0 Å². The Balaban J connectivity index is 2.15. The molecule has 0 N–H and O–H groups in total. The summed E-state index contributed by atoms with van der Waals surface area (Å²) in [6.07, 6.45) is -3.76. The van der Waals surface area contributed by atoms with Crippen LogP contribution in [0, 0.1) is 5.41 Å². The SMILES string of the molecule is CC(=O)OCC1(C(=O)c2ccc(OC(F)(F)F)cc2Cl)CC1. The minimum atomic E-state index is -4.83. The maximum absolute atomic E-state index is 12.4. The Morgan fingerprint density at radius 1 is 1.32 bits per heavy atom. The van der Waals surface area contributed by atoms with Gasteiger partial charge in [0.15, 0.2) is 5.78 Å². The first kappa shape index (κ1) is 16.6. The van der Waals surface area contributed by atoms with E-state index in [0.29, 0.717) is 12.8 Å². The van der Waals surface area contributed by atoms with Gasteiger partial charge in [-0.1, -0.05) is 11.6 Å². The van der Waals surface area contributed by atoms with E-state index in [-0.39, 0.29) is 23.0 Å². The zero-order valence-electron chi connectivity index (χ0n) is 11.5. The van der Waals surface area contributed by atoms with Gasteiger partial charge in [-0.05, 0) is 31.0 Å². The van der Waals surface area contributed by atoms with Crippen LogP contribution in [0.1, 0.15) is 30.1 Å². The third kappa shape index (κ3) is 3.91. The number of carbonyl (C=O) groups is 2. The molecule has 0 radical (unpaired) electrons. The van der Waals surface area contributed by atoms with Crippen LogP contribution in [0.15, 0.2) is 18.2 Å². The van der Waals surface area contributed by atoms with E-state index in [1.54, 1.807) is 0 Å². The molecule has 8 heteroatoms. The third-order valence-electron chi connectivity index (χ3n) is 3.31. The van der Waals surface area contributed by atoms with Crippen LogP contribution in [0.5, 0.6) is 5.75 Å². The van der Waals surface area contributed by atoms with Crippen molar-refractivity contribution >= 4 is 23.4 Å². The molecule has 1 aromatic carbocycles. The zero-order valence-corrected chi connectivity index (χ0v) is 12.3. The first-order valence-electron chi connectivity index (χ1n) is 6.36. The molecule has 0 aliphatic heterocycles. The molecule has 0 saturated heterocycles. The summed E-state index contributed by atoms with van der Waals surface area (Å²) < 4.78 is 45.0. The Labute approximate surface area is 129 Å². The number of rotatable bonds is 5. The van der Waals surface area contributed by atoms with Crippen molar-refractivity contribution in [3.05, 3.63) is 28.8 Å². The second kappa shape index (κ2) is 5.79. The predicted octanol–water partition coefficient (Wildman–Crippen LogP) is 3.76. The fraction of sp³-hybridized carbons (Fsp3) is 0.429. The molecule has 1 aliphatic carbocycles. The van der Waals surface area contributed by atoms with E-state index in [1.807, 2.05) is 0 Å². The Kier molecular flexibility index (Phi) is 4.37. The smallest absolute Gasteiger partial charge is 0.465 e. The lowest BCUT2D eigenvalue weighted by Crippen LogP contribution is -2.23. The van der Waals surface area contributed by atoms with Crippen molar-refractivity contribution in [3.8, 4) is 5.75 Å². The molecule has 1 aromatic rings. The highest BCUT2D eigenvalue weighted by Crippen LogP contribution is 2.49. The Morgan fingerprint density at radius 2 is 1.95 bits per heavy atom. The number of ketones is 1. The zero-order chi connectivity index (χ0) is 16.5. The molecule has 0 amide bonds. The fourth-order valence-electron chi connectivity index (χ4n) is 1.99. The number of hydrogen-bond acceptors (Lipinski definition) is 4. The van der Waals surface area contributed by atoms with E-state index >= 15 is 0 Å². The van der Waals surface area contributed by atoms with E-state index in [0.717, 1.165) is 12.1 Å². The molecule has 22 heavy (non-hydrogen) atoms. The van der Waals surface area contributed by atoms with Crippen LogP contribution in [-0.4, -0.2) is 24.7 Å². The summed E-state index contributed by atoms with van der Waals surface area (Å²) in [5.41, 5.74) is -0.734. The van der Waals surface area contributed by atoms with Crippen molar-refractivity contribution < 1.29 is 32.2 Å². The highest BCUT2D eigenvalue weighted by Gasteiger charge is 2.51. The normalized spacial score (nSPS) is 16.0. The fourth-order valence-corrected chi connectivity index (χ4v) is 2.25. The maximum atomic E-state index is 12.4. The van der Waals surface area contributed by atoms with Gasteiger partial charge < -0.3 is 9.47 Å². The standard InChI is InChI=1S/C14H12ClF3O4/c1-8(19)21-7-13(4-5-13)12(20)10-3-2-9(6-11(10)15)22-14(16,17)18/h2-3,6H,4-5,7H2,1H3. The molecular formula is C14H12ClF3O4. The molecule has 4 nitrogen and oxygen atoms in total. The summed E-state index contributed by atoms with van der Waals surface area (Å²) in [4.78, 5) is 23.3. The van der Waals surface area contributed by atoms with E-state index in [9.17, 15) is 22.8 Å². The second-order valence-corrected chi connectivity index (χ2v) is 5.49. The number of esters is 1. The number of carbonyl (C=O) groups excluding carboxylic acids is 2. The number of ether oxygens (including phenoxy) is 2. The van der Waals surface area contributed by atoms with Crippen molar-refractivity contribution in [2.75, 3.05) is 6.61 Å². The molecule has 0 bridgehead atoms. The number of alkyl halides is 3. The summed E-state index contributed by atoms with van der Waals surface area (Å²) in [5, 5.41) is -0.138. The van der Waals surface area contributed by atoms with Crippen LogP contribution in [-0.2, 0) is 9.53 Å². The largest absolute Gasteiger partial charge is 0.573 e. The van der Waals surface area contributed by atoms with Gasteiger partial charge in [0.05, 0.1) is 10.4 Å². The molecule has 2 rings (SSSR count). The van der Waals surface area contributed by atoms with Crippen LogP contribution in [0.4, 0.5) is 13.2 Å². The van der Waals surface area contributed by atoms with Gasteiger partial charge in [-0.2, -0.15) is 0 Å². The predicted molar refractivity (Wildman–Crippen MR) is 70.8 cm³/mol. The quantitative estimate of drug-likeness (QED) is 0.607. The molecule has 0 heterocycles. The van der Waals surface area contributed by atoms with Crippen LogP contribution < -0.4 is 4.74 Å². The Hall–Kier alpha value is -1.76. The molecule has 0 spiro atoms. The van der Waals surface area contributed by atoms with Crippen molar-refractivity contribution in [3.63, 3.8) is 0 Å². The number of hydrogen-bond donors (Lipinski definition) is 0. The topological polar surface area (TPSA) is 52.6 Å². The van der Waals surface area contributed by atoms with Crippen molar-refractivity contribution in [2.24, 2.45) is 5.41 Å². The van der Waals surface area contributed by atoms with E-state index in [4.69, 9.17) is 16.3 Å². The molecule has 1 fully saturated rings. The van der Waals surface area contributed by atoms with Gasteiger partial charge in [-0.15, -0.1) is 13.2 Å². The van der Waals surface area contributed by atoms with Crippen molar-refractivity contribution in [2.45, 2.75) is 26.1 Å². The molecule has 120 valence electrons. The second-order valence-electron chi connectivity index (χ2n) is 5.08. The number of Topliss-reactive ketones (excluding diaryl/α,β-unsaturated/α-hetero) is 1. The minimum absolute atomic E-state index is 0.0572. The third-order valence-corrected chi connectivity index (χ3v) is 3.62. The van der Waals surface area contributed by atoms with Crippen molar-refractivity contribution in [1.82, 2.24) is 0 Å². The van der Waals surface area contributed by atoms with Gasteiger partial charge in [-0.3, -0.25) is 9.59 Å². The maximum Gasteiger partial charge on any atom is 0.573 e. The van der Waals surface area contributed by atoms with Gasteiger partial charge in [0, 0.05) is 12.5 Å². The van der Waals surface area contributed by atoms with Gasteiger partial charge >= 0.3 is 12.3 Å². The van der Waals surface area contributed by atoms with Gasteiger partial charge in [-0.25, -0.2) is 0 Å². The Bertz CT molecular complexity index is 609. The number of halogens is 4. The monoisotopic (exact) mass is 336 g/mol. The molecule has 0 atom stereocenters. The first-order valence-corrected chi connectivity index (χ1v) is 6.74. The average Bonchev–Trinajstić information content (AvgIpc) is 3.15. The highest BCUT2D eigenvalue weighted by atomic mass is 35.5. The molecule has 1 saturated carbocycles. The van der Waals surface area contributed by atoms with Crippen LogP contribution in [0.3, 0.4) is 0 Å². The first-order chi connectivity index (χ1) is 10.1.